The number of benzene rings is 1. The Bertz CT molecular complexity index is 485. The van der Waals surface area contributed by atoms with Crippen molar-refractivity contribution < 1.29 is 4.74 Å². The number of halogens is 1. The molecule has 0 aliphatic carbocycles. The van der Waals surface area contributed by atoms with Crippen molar-refractivity contribution in [2.24, 2.45) is 0 Å². The minimum Gasteiger partial charge on any atom is -0.383 e. The van der Waals surface area contributed by atoms with Gasteiger partial charge in [0.15, 0.2) is 0 Å². The van der Waals surface area contributed by atoms with E-state index in [0.717, 1.165) is 16.1 Å². The fourth-order valence-electron chi connectivity index (χ4n) is 1.48. The van der Waals surface area contributed by atoms with Crippen LogP contribution in [0.25, 0.3) is 11.1 Å². The minimum absolute atomic E-state index is 0.602. The van der Waals surface area contributed by atoms with Crippen molar-refractivity contribution in [2.45, 2.75) is 0 Å². The Balaban J connectivity index is 2.05. The summed E-state index contributed by atoms with van der Waals surface area (Å²) in [5.74, 6) is 0.602. The highest BCUT2D eigenvalue weighted by Gasteiger charge is 2.00. The minimum atomic E-state index is 0.602. The molecule has 0 aliphatic heterocycles. The summed E-state index contributed by atoms with van der Waals surface area (Å²) in [6.45, 7) is 1.32. The van der Waals surface area contributed by atoms with Crippen molar-refractivity contribution in [2.75, 3.05) is 25.6 Å². The van der Waals surface area contributed by atoms with Crippen LogP contribution >= 0.6 is 11.6 Å². The predicted octanol–water partition coefficient (Wildman–Crippen LogP) is 2.86. The Morgan fingerprint density at radius 3 is 2.39 bits per heavy atom. The molecule has 1 heterocycles. The number of nitrogens with one attached hydrogen (secondary N) is 1. The molecule has 94 valence electrons. The Labute approximate surface area is 111 Å². The average molecular weight is 264 g/mol. The monoisotopic (exact) mass is 263 g/mol. The van der Waals surface area contributed by atoms with E-state index in [9.17, 15) is 0 Å². The highest BCUT2D eigenvalue weighted by atomic mass is 35.5. The second kappa shape index (κ2) is 6.33. The molecule has 0 amide bonds. The van der Waals surface area contributed by atoms with E-state index in [1.54, 1.807) is 19.5 Å². The molecule has 0 saturated heterocycles. The fraction of sp³-hybridized carbons (Fsp3) is 0.231. The van der Waals surface area contributed by atoms with Gasteiger partial charge in [-0.3, -0.25) is 0 Å². The number of hydrogen-bond acceptors (Lipinski definition) is 4. The highest BCUT2D eigenvalue weighted by molar-refractivity contribution is 6.30. The van der Waals surface area contributed by atoms with Crippen molar-refractivity contribution in [3.63, 3.8) is 0 Å². The lowest BCUT2D eigenvalue weighted by Crippen LogP contribution is -2.09. The zero-order valence-electron chi connectivity index (χ0n) is 10.1. The van der Waals surface area contributed by atoms with E-state index < -0.39 is 0 Å². The van der Waals surface area contributed by atoms with Gasteiger partial charge < -0.3 is 10.1 Å². The van der Waals surface area contributed by atoms with Gasteiger partial charge in [-0.2, -0.15) is 0 Å². The van der Waals surface area contributed by atoms with Gasteiger partial charge in [0.25, 0.3) is 0 Å². The third-order valence-corrected chi connectivity index (χ3v) is 2.67. The molecular weight excluding hydrogens is 250 g/mol. The zero-order valence-corrected chi connectivity index (χ0v) is 10.8. The standard InChI is InChI=1S/C13H14ClN3O/c1-18-7-6-15-13-16-8-11(9-17-13)10-2-4-12(14)5-3-10/h2-5,8-9H,6-7H2,1H3,(H,15,16,17). The van der Waals surface area contributed by atoms with Crippen LogP contribution in [0, 0.1) is 0 Å². The van der Waals surface area contributed by atoms with Gasteiger partial charge in [-0.15, -0.1) is 0 Å². The van der Waals surface area contributed by atoms with E-state index in [1.165, 1.54) is 0 Å². The molecule has 18 heavy (non-hydrogen) atoms. The van der Waals surface area contributed by atoms with E-state index in [-0.39, 0.29) is 0 Å². The van der Waals surface area contributed by atoms with Crippen molar-refractivity contribution in [3.05, 3.63) is 41.7 Å². The molecule has 1 N–H and O–H groups in total. The van der Waals surface area contributed by atoms with E-state index in [4.69, 9.17) is 16.3 Å². The molecule has 0 saturated carbocycles. The van der Waals surface area contributed by atoms with Crippen molar-refractivity contribution in [3.8, 4) is 11.1 Å². The van der Waals surface area contributed by atoms with Gasteiger partial charge in [-0.25, -0.2) is 9.97 Å². The van der Waals surface area contributed by atoms with Gasteiger partial charge in [0, 0.05) is 36.6 Å². The topological polar surface area (TPSA) is 47.0 Å². The SMILES string of the molecule is COCCNc1ncc(-c2ccc(Cl)cc2)cn1. The van der Waals surface area contributed by atoms with Crippen LogP contribution in [0.5, 0.6) is 0 Å². The van der Waals surface area contributed by atoms with Crippen LogP contribution < -0.4 is 5.32 Å². The fourth-order valence-corrected chi connectivity index (χ4v) is 1.60. The van der Waals surface area contributed by atoms with E-state index in [0.29, 0.717) is 19.1 Å². The molecule has 2 aromatic rings. The third-order valence-electron chi connectivity index (χ3n) is 2.42. The third kappa shape index (κ3) is 3.42. The molecule has 0 fully saturated rings. The normalized spacial score (nSPS) is 10.3. The lowest BCUT2D eigenvalue weighted by Gasteiger charge is -2.05. The quantitative estimate of drug-likeness (QED) is 0.843. The van der Waals surface area contributed by atoms with Gasteiger partial charge in [0.05, 0.1) is 6.61 Å². The maximum absolute atomic E-state index is 5.84. The van der Waals surface area contributed by atoms with Gasteiger partial charge in [0.1, 0.15) is 0 Å². The average Bonchev–Trinajstić information content (AvgIpc) is 2.41. The Hall–Kier alpha value is -1.65. The van der Waals surface area contributed by atoms with Crippen LogP contribution in [0.4, 0.5) is 5.95 Å². The van der Waals surface area contributed by atoms with Crippen molar-refractivity contribution >= 4 is 17.5 Å². The number of aromatic nitrogens is 2. The molecule has 0 spiro atoms. The highest BCUT2D eigenvalue weighted by Crippen LogP contribution is 2.20. The van der Waals surface area contributed by atoms with Crippen LogP contribution in [0.1, 0.15) is 0 Å². The molecule has 0 aliphatic rings. The largest absolute Gasteiger partial charge is 0.383 e. The summed E-state index contributed by atoms with van der Waals surface area (Å²) >= 11 is 5.84. The maximum Gasteiger partial charge on any atom is 0.222 e. The first kappa shape index (κ1) is 12.8. The molecule has 1 aromatic carbocycles. The summed E-state index contributed by atoms with van der Waals surface area (Å²) in [5.41, 5.74) is 2.01. The molecule has 0 unspecified atom stereocenters. The van der Waals surface area contributed by atoms with Crippen LogP contribution in [0.3, 0.4) is 0 Å². The molecule has 2 rings (SSSR count). The van der Waals surface area contributed by atoms with Crippen LogP contribution in [0.2, 0.25) is 5.02 Å². The van der Waals surface area contributed by atoms with Crippen molar-refractivity contribution in [1.82, 2.24) is 9.97 Å². The second-order valence-corrected chi connectivity index (χ2v) is 4.16. The Morgan fingerprint density at radius 2 is 1.78 bits per heavy atom. The maximum atomic E-state index is 5.84. The number of rotatable bonds is 5. The van der Waals surface area contributed by atoms with E-state index in [2.05, 4.69) is 15.3 Å². The van der Waals surface area contributed by atoms with Gasteiger partial charge in [-0.1, -0.05) is 23.7 Å². The smallest absolute Gasteiger partial charge is 0.222 e. The summed E-state index contributed by atoms with van der Waals surface area (Å²) in [4.78, 5) is 8.48. The molecule has 0 radical (unpaired) electrons. The number of methoxy groups -OCH3 is 1. The summed E-state index contributed by atoms with van der Waals surface area (Å²) in [6.07, 6.45) is 3.57. The molecule has 0 atom stereocenters. The van der Waals surface area contributed by atoms with Crippen LogP contribution in [-0.4, -0.2) is 30.2 Å². The lowest BCUT2D eigenvalue weighted by atomic mass is 10.1. The first-order valence-electron chi connectivity index (χ1n) is 5.60. The molecule has 0 bridgehead atoms. The second-order valence-electron chi connectivity index (χ2n) is 3.72. The molecule has 4 nitrogen and oxygen atoms in total. The van der Waals surface area contributed by atoms with Gasteiger partial charge >= 0.3 is 0 Å². The van der Waals surface area contributed by atoms with Crippen LogP contribution in [0.15, 0.2) is 36.7 Å². The zero-order chi connectivity index (χ0) is 12.8. The number of anilines is 1. The van der Waals surface area contributed by atoms with Gasteiger partial charge in [0.2, 0.25) is 5.95 Å². The van der Waals surface area contributed by atoms with E-state index >= 15 is 0 Å². The summed E-state index contributed by atoms with van der Waals surface area (Å²) < 4.78 is 4.94. The molecule has 5 heteroatoms. The Morgan fingerprint density at radius 1 is 1.11 bits per heavy atom. The first-order chi connectivity index (χ1) is 8.79. The Kier molecular flexibility index (Phi) is 4.50. The number of nitrogens with zero attached hydrogens (tertiary/aromatic N) is 2. The summed E-state index contributed by atoms with van der Waals surface area (Å²) in [5, 5.41) is 3.78. The lowest BCUT2D eigenvalue weighted by molar-refractivity contribution is 0.210. The first-order valence-corrected chi connectivity index (χ1v) is 5.98. The number of ether oxygens (including phenoxy) is 1. The summed E-state index contributed by atoms with van der Waals surface area (Å²) in [6, 6.07) is 7.58. The summed E-state index contributed by atoms with van der Waals surface area (Å²) in [7, 11) is 1.66. The van der Waals surface area contributed by atoms with Gasteiger partial charge in [-0.05, 0) is 17.7 Å². The molecular formula is C13H14ClN3O. The van der Waals surface area contributed by atoms with Crippen molar-refractivity contribution in [1.29, 1.82) is 0 Å². The predicted molar refractivity (Wildman–Crippen MR) is 72.8 cm³/mol. The van der Waals surface area contributed by atoms with E-state index in [1.807, 2.05) is 24.3 Å². The van der Waals surface area contributed by atoms with Crippen LogP contribution in [-0.2, 0) is 4.74 Å². The number of hydrogen-bond donors (Lipinski definition) is 1. The molecule has 1 aromatic heterocycles.